The number of hydrogen-bond donors (Lipinski definition) is 1. The van der Waals surface area contributed by atoms with E-state index in [2.05, 4.69) is 37.3 Å². The summed E-state index contributed by atoms with van der Waals surface area (Å²) in [4.78, 5) is 16.5. The van der Waals surface area contributed by atoms with Crippen molar-refractivity contribution in [1.29, 1.82) is 0 Å². The van der Waals surface area contributed by atoms with Gasteiger partial charge in [-0.25, -0.2) is 9.48 Å². The molecule has 5 rings (SSSR count). The molecular weight excluding hydrogens is 456 g/mol. The molecule has 1 amide bonds. The highest BCUT2D eigenvalue weighted by Gasteiger charge is 2.33. The molecule has 1 aromatic carbocycles. The van der Waals surface area contributed by atoms with E-state index < -0.39 is 5.60 Å². The van der Waals surface area contributed by atoms with Crippen LogP contribution in [0.3, 0.4) is 0 Å². The average molecular weight is 489 g/mol. The van der Waals surface area contributed by atoms with E-state index in [1.807, 2.05) is 73.9 Å². The Hall–Kier alpha value is -3.95. The summed E-state index contributed by atoms with van der Waals surface area (Å²) in [5.41, 5.74) is 3.04. The molecule has 0 spiro atoms. The monoisotopic (exact) mass is 488 g/mol. The Bertz CT molecular complexity index is 1340. The van der Waals surface area contributed by atoms with Crippen LogP contribution in [0.5, 0.6) is 0 Å². The predicted molar refractivity (Wildman–Crippen MR) is 138 cm³/mol. The summed E-state index contributed by atoms with van der Waals surface area (Å²) in [6.45, 7) is 8.40. The standard InChI is InChI=1S/C26H32N8O2/c1-17-15-18(11-14-33(17)25(35)36-26(2,3)4)32(5)23-10-8-21(29-30-23)19-7-9-22(34-13-6-12-28-34)20-16-27-31-24(19)20/h6-10,12-13,16-18H,11,14-15H2,1-5H3,(H,27,31)/t17-,18?/m1/s1. The molecule has 1 saturated heterocycles. The average Bonchev–Trinajstić information content (AvgIpc) is 3.54. The second-order valence-corrected chi connectivity index (χ2v) is 10.3. The third kappa shape index (κ3) is 4.62. The Morgan fingerprint density at radius 3 is 2.69 bits per heavy atom. The molecule has 36 heavy (non-hydrogen) atoms. The minimum Gasteiger partial charge on any atom is -0.444 e. The largest absolute Gasteiger partial charge is 0.444 e. The van der Waals surface area contributed by atoms with Crippen LogP contribution in [0.2, 0.25) is 0 Å². The molecule has 4 aromatic rings. The van der Waals surface area contributed by atoms with E-state index in [4.69, 9.17) is 4.74 Å². The number of nitrogens with zero attached hydrogens (tertiary/aromatic N) is 7. The minimum atomic E-state index is -0.497. The summed E-state index contributed by atoms with van der Waals surface area (Å²) < 4.78 is 7.40. The van der Waals surface area contributed by atoms with Crippen molar-refractivity contribution in [3.05, 3.63) is 48.9 Å². The number of aromatic amines is 1. The van der Waals surface area contributed by atoms with Gasteiger partial charge in [0.15, 0.2) is 5.82 Å². The van der Waals surface area contributed by atoms with Crippen LogP contribution in [-0.4, -0.2) is 72.4 Å². The molecule has 0 aliphatic carbocycles. The Balaban J connectivity index is 1.31. The van der Waals surface area contributed by atoms with Gasteiger partial charge in [-0.15, -0.1) is 10.2 Å². The van der Waals surface area contributed by atoms with Gasteiger partial charge in [-0.05, 0) is 70.9 Å². The Kier molecular flexibility index (Phi) is 6.11. The first kappa shape index (κ1) is 23.8. The first-order valence-corrected chi connectivity index (χ1v) is 12.2. The number of carbonyl (C=O) groups is 1. The summed E-state index contributed by atoms with van der Waals surface area (Å²) in [6.07, 6.45) is 6.89. The van der Waals surface area contributed by atoms with Crippen LogP contribution < -0.4 is 4.90 Å². The second kappa shape index (κ2) is 9.25. The molecule has 0 radical (unpaired) electrons. The molecule has 3 aromatic heterocycles. The van der Waals surface area contributed by atoms with Crippen LogP contribution in [0.4, 0.5) is 10.6 Å². The Labute approximate surface area is 210 Å². The van der Waals surface area contributed by atoms with Crippen LogP contribution in [0.25, 0.3) is 27.8 Å². The molecule has 0 bridgehead atoms. The fraction of sp³-hybridized carbons (Fsp3) is 0.423. The van der Waals surface area contributed by atoms with Crippen molar-refractivity contribution in [3.8, 4) is 16.9 Å². The van der Waals surface area contributed by atoms with Crippen molar-refractivity contribution in [2.24, 2.45) is 0 Å². The lowest BCUT2D eigenvalue weighted by molar-refractivity contribution is 0.0104. The molecular formula is C26H32N8O2. The van der Waals surface area contributed by atoms with Crippen molar-refractivity contribution >= 4 is 22.8 Å². The third-order valence-corrected chi connectivity index (χ3v) is 6.66. The maximum absolute atomic E-state index is 12.6. The molecule has 10 heteroatoms. The number of ether oxygens (including phenoxy) is 1. The van der Waals surface area contributed by atoms with Crippen LogP contribution >= 0.6 is 0 Å². The van der Waals surface area contributed by atoms with Crippen molar-refractivity contribution in [1.82, 2.24) is 35.1 Å². The number of carbonyl (C=O) groups excluding carboxylic acids is 1. The van der Waals surface area contributed by atoms with Crippen molar-refractivity contribution in [2.75, 3.05) is 18.5 Å². The molecule has 1 unspecified atom stereocenters. The molecule has 2 atom stereocenters. The summed E-state index contributed by atoms with van der Waals surface area (Å²) in [7, 11) is 2.04. The number of likely N-dealkylation sites (tertiary alicyclic amines) is 1. The number of fused-ring (bicyclic) bond motifs is 1. The number of hydrogen-bond acceptors (Lipinski definition) is 7. The lowest BCUT2D eigenvalue weighted by Crippen LogP contribution is -2.51. The SMILES string of the molecule is C[C@@H]1CC(N(C)c2ccc(-c3ccc(-n4cccn4)c4cn[nH]c34)nn2)CCN1C(=O)OC(C)(C)C. The second-order valence-electron chi connectivity index (χ2n) is 10.3. The molecule has 1 fully saturated rings. The first-order valence-electron chi connectivity index (χ1n) is 12.2. The lowest BCUT2D eigenvalue weighted by atomic mass is 9.97. The summed E-state index contributed by atoms with van der Waals surface area (Å²) in [5.74, 6) is 0.802. The molecule has 4 heterocycles. The van der Waals surface area contributed by atoms with Gasteiger partial charge in [0.1, 0.15) is 5.60 Å². The van der Waals surface area contributed by atoms with E-state index in [9.17, 15) is 4.79 Å². The van der Waals surface area contributed by atoms with Crippen LogP contribution in [0.15, 0.2) is 48.9 Å². The van der Waals surface area contributed by atoms with Crippen LogP contribution in [-0.2, 0) is 4.74 Å². The number of amides is 1. The van der Waals surface area contributed by atoms with Gasteiger partial charge < -0.3 is 14.5 Å². The van der Waals surface area contributed by atoms with Crippen LogP contribution in [0.1, 0.15) is 40.5 Å². The maximum atomic E-state index is 12.6. The summed E-state index contributed by atoms with van der Waals surface area (Å²) in [6, 6.07) is 10.2. The highest BCUT2D eigenvalue weighted by atomic mass is 16.6. The smallest absolute Gasteiger partial charge is 0.410 e. The van der Waals surface area contributed by atoms with Crippen LogP contribution in [0, 0.1) is 0 Å². The number of rotatable bonds is 4. The molecule has 10 nitrogen and oxygen atoms in total. The van der Waals surface area contributed by atoms with Gasteiger partial charge in [0.25, 0.3) is 0 Å². The zero-order chi connectivity index (χ0) is 25.4. The van der Waals surface area contributed by atoms with E-state index >= 15 is 0 Å². The highest BCUT2D eigenvalue weighted by Crippen LogP contribution is 2.31. The number of anilines is 1. The maximum Gasteiger partial charge on any atom is 0.410 e. The number of H-pyrrole nitrogens is 1. The van der Waals surface area contributed by atoms with Gasteiger partial charge in [0.2, 0.25) is 0 Å². The summed E-state index contributed by atoms with van der Waals surface area (Å²) in [5, 5.41) is 21.7. The Morgan fingerprint density at radius 2 is 2.03 bits per heavy atom. The van der Waals surface area contributed by atoms with Gasteiger partial charge >= 0.3 is 6.09 Å². The van der Waals surface area contributed by atoms with Gasteiger partial charge in [-0.2, -0.15) is 10.2 Å². The fourth-order valence-electron chi connectivity index (χ4n) is 4.78. The molecule has 1 aliphatic rings. The zero-order valence-electron chi connectivity index (χ0n) is 21.3. The normalized spacial score (nSPS) is 18.4. The Morgan fingerprint density at radius 1 is 1.19 bits per heavy atom. The van der Waals surface area contributed by atoms with Gasteiger partial charge in [0.05, 0.1) is 23.1 Å². The van der Waals surface area contributed by atoms with E-state index in [0.29, 0.717) is 6.54 Å². The topological polar surface area (TPSA) is 105 Å². The number of nitrogens with one attached hydrogen (secondary N) is 1. The first-order chi connectivity index (χ1) is 17.2. The number of aromatic nitrogens is 6. The highest BCUT2D eigenvalue weighted by molar-refractivity contribution is 5.97. The molecule has 188 valence electrons. The third-order valence-electron chi connectivity index (χ3n) is 6.66. The van der Waals surface area contributed by atoms with Crippen molar-refractivity contribution in [3.63, 3.8) is 0 Å². The minimum absolute atomic E-state index is 0.0789. The zero-order valence-corrected chi connectivity index (χ0v) is 21.3. The van der Waals surface area contributed by atoms with E-state index in [-0.39, 0.29) is 18.2 Å². The van der Waals surface area contributed by atoms with Crippen molar-refractivity contribution in [2.45, 2.75) is 58.2 Å². The fourth-order valence-corrected chi connectivity index (χ4v) is 4.78. The van der Waals surface area contributed by atoms with E-state index in [1.165, 1.54) is 0 Å². The number of piperidine rings is 1. The van der Waals surface area contributed by atoms with Gasteiger partial charge in [0, 0.05) is 49.0 Å². The summed E-state index contributed by atoms with van der Waals surface area (Å²) >= 11 is 0. The van der Waals surface area contributed by atoms with Crippen molar-refractivity contribution < 1.29 is 9.53 Å². The van der Waals surface area contributed by atoms with E-state index in [1.54, 1.807) is 12.4 Å². The molecule has 1 aliphatic heterocycles. The molecule has 1 N–H and O–H groups in total. The van der Waals surface area contributed by atoms with E-state index in [0.717, 1.165) is 46.5 Å². The quantitative estimate of drug-likeness (QED) is 0.453. The number of benzene rings is 1. The predicted octanol–water partition coefficient (Wildman–Crippen LogP) is 4.43. The van der Waals surface area contributed by atoms with Gasteiger partial charge in [-0.1, -0.05) is 0 Å². The lowest BCUT2D eigenvalue weighted by Gasteiger charge is -2.41. The van der Waals surface area contributed by atoms with Gasteiger partial charge in [-0.3, -0.25) is 5.10 Å². The molecule has 0 saturated carbocycles.